The molecule has 0 spiro atoms. The van der Waals surface area contributed by atoms with Crippen molar-refractivity contribution in [3.63, 3.8) is 0 Å². The van der Waals surface area contributed by atoms with E-state index < -0.39 is 0 Å². The smallest absolute Gasteiger partial charge is 0.0671 e. The van der Waals surface area contributed by atoms with E-state index in [1.54, 1.807) is 4.88 Å². The van der Waals surface area contributed by atoms with Crippen molar-refractivity contribution in [3.05, 3.63) is 21.9 Å². The van der Waals surface area contributed by atoms with Crippen LogP contribution in [0.25, 0.3) is 0 Å². The number of nitrogens with one attached hydrogen (secondary N) is 1. The second kappa shape index (κ2) is 5.80. The molecule has 0 bridgehead atoms. The molecule has 0 fully saturated rings. The first-order valence-corrected chi connectivity index (χ1v) is 7.10. The first-order chi connectivity index (χ1) is 7.81. The molecular weight excluding hydrogens is 218 g/mol. The molecular formula is C13H21NOS. The van der Waals surface area contributed by atoms with Gasteiger partial charge in [-0.25, -0.2) is 0 Å². The minimum absolute atomic E-state index is 0.314. The van der Waals surface area contributed by atoms with Crippen molar-refractivity contribution in [2.24, 2.45) is 0 Å². The van der Waals surface area contributed by atoms with Gasteiger partial charge in [0.25, 0.3) is 0 Å². The Bertz CT molecular complexity index is 323. The Kier molecular flexibility index (Phi) is 4.38. The molecule has 1 aromatic rings. The highest BCUT2D eigenvalue weighted by atomic mass is 32.1. The van der Waals surface area contributed by atoms with Crippen LogP contribution in [0.3, 0.4) is 0 Å². The van der Waals surface area contributed by atoms with E-state index in [2.05, 4.69) is 23.7 Å². The standard InChI is InChI=1S/C13H21NOS/c1-3-15-10(2)9-14-12-5-4-6-13-11(12)7-8-16-13/h7-8,10,12,14H,3-6,9H2,1-2H3. The molecule has 16 heavy (non-hydrogen) atoms. The molecule has 0 aliphatic heterocycles. The molecule has 1 aromatic heterocycles. The van der Waals surface area contributed by atoms with E-state index in [1.807, 2.05) is 18.3 Å². The number of fused-ring (bicyclic) bond motifs is 1. The van der Waals surface area contributed by atoms with Crippen molar-refractivity contribution < 1.29 is 4.74 Å². The van der Waals surface area contributed by atoms with Crippen molar-refractivity contribution in [3.8, 4) is 0 Å². The summed E-state index contributed by atoms with van der Waals surface area (Å²) >= 11 is 1.90. The summed E-state index contributed by atoms with van der Waals surface area (Å²) in [5.41, 5.74) is 1.53. The molecule has 2 nitrogen and oxygen atoms in total. The SMILES string of the molecule is CCOC(C)CNC1CCCc2sccc21. The fourth-order valence-electron chi connectivity index (χ4n) is 2.35. The lowest BCUT2D eigenvalue weighted by Gasteiger charge is -2.25. The van der Waals surface area contributed by atoms with Crippen LogP contribution in [-0.4, -0.2) is 19.3 Å². The zero-order valence-electron chi connectivity index (χ0n) is 10.2. The number of thiophene rings is 1. The van der Waals surface area contributed by atoms with Crippen LogP contribution in [0.5, 0.6) is 0 Å². The van der Waals surface area contributed by atoms with Gasteiger partial charge in [-0.15, -0.1) is 11.3 Å². The Labute approximate surface area is 102 Å². The predicted octanol–water partition coefficient (Wildman–Crippen LogP) is 3.14. The van der Waals surface area contributed by atoms with E-state index in [0.29, 0.717) is 12.1 Å². The van der Waals surface area contributed by atoms with E-state index >= 15 is 0 Å². The highest BCUT2D eigenvalue weighted by Gasteiger charge is 2.20. The van der Waals surface area contributed by atoms with E-state index in [4.69, 9.17) is 4.74 Å². The minimum atomic E-state index is 0.314. The van der Waals surface area contributed by atoms with Gasteiger partial charge in [-0.1, -0.05) is 0 Å². The van der Waals surface area contributed by atoms with Gasteiger partial charge in [0.05, 0.1) is 6.10 Å². The minimum Gasteiger partial charge on any atom is -0.377 e. The monoisotopic (exact) mass is 239 g/mol. The molecule has 0 amide bonds. The fourth-order valence-corrected chi connectivity index (χ4v) is 3.34. The Morgan fingerprint density at radius 2 is 2.50 bits per heavy atom. The number of hydrogen-bond acceptors (Lipinski definition) is 3. The fraction of sp³-hybridized carbons (Fsp3) is 0.692. The molecule has 1 N–H and O–H groups in total. The summed E-state index contributed by atoms with van der Waals surface area (Å²) in [6.45, 7) is 5.94. The highest BCUT2D eigenvalue weighted by Crippen LogP contribution is 2.33. The second-order valence-electron chi connectivity index (χ2n) is 4.42. The summed E-state index contributed by atoms with van der Waals surface area (Å²) in [5.74, 6) is 0. The van der Waals surface area contributed by atoms with E-state index in [1.165, 1.54) is 24.8 Å². The number of hydrogen-bond donors (Lipinski definition) is 1. The third kappa shape index (κ3) is 2.84. The lowest BCUT2D eigenvalue weighted by Crippen LogP contribution is -2.31. The molecule has 0 radical (unpaired) electrons. The summed E-state index contributed by atoms with van der Waals surface area (Å²) in [6, 6.07) is 2.83. The zero-order valence-corrected chi connectivity index (χ0v) is 11.0. The third-order valence-corrected chi connectivity index (χ3v) is 4.15. The van der Waals surface area contributed by atoms with Crippen molar-refractivity contribution in [1.82, 2.24) is 5.32 Å². The summed E-state index contributed by atoms with van der Waals surface area (Å²) in [4.78, 5) is 1.58. The molecule has 1 aliphatic carbocycles. The maximum atomic E-state index is 5.54. The van der Waals surface area contributed by atoms with Gasteiger partial charge in [0, 0.05) is 24.1 Å². The van der Waals surface area contributed by atoms with E-state index in [9.17, 15) is 0 Å². The maximum absolute atomic E-state index is 5.54. The first-order valence-electron chi connectivity index (χ1n) is 6.22. The number of ether oxygens (including phenoxy) is 1. The summed E-state index contributed by atoms with van der Waals surface area (Å²) < 4.78 is 5.54. The molecule has 0 saturated heterocycles. The molecule has 3 heteroatoms. The van der Waals surface area contributed by atoms with Crippen molar-refractivity contribution in [1.29, 1.82) is 0 Å². The lowest BCUT2D eigenvalue weighted by molar-refractivity contribution is 0.0734. The first kappa shape index (κ1) is 12.1. The maximum Gasteiger partial charge on any atom is 0.0671 e. The molecule has 0 saturated carbocycles. The third-order valence-electron chi connectivity index (χ3n) is 3.15. The van der Waals surface area contributed by atoms with Crippen LogP contribution in [0, 0.1) is 0 Å². The van der Waals surface area contributed by atoms with Gasteiger partial charge < -0.3 is 10.1 Å². The quantitative estimate of drug-likeness (QED) is 0.852. The Morgan fingerprint density at radius 3 is 3.31 bits per heavy atom. The summed E-state index contributed by atoms with van der Waals surface area (Å²) in [7, 11) is 0. The van der Waals surface area contributed by atoms with Gasteiger partial charge in [0.1, 0.15) is 0 Å². The van der Waals surface area contributed by atoms with Crippen LogP contribution < -0.4 is 5.32 Å². The molecule has 2 rings (SSSR count). The van der Waals surface area contributed by atoms with Gasteiger partial charge in [-0.3, -0.25) is 0 Å². The number of aryl methyl sites for hydroxylation is 1. The van der Waals surface area contributed by atoms with E-state index in [0.717, 1.165) is 13.2 Å². The Morgan fingerprint density at radius 1 is 1.62 bits per heavy atom. The van der Waals surface area contributed by atoms with Crippen LogP contribution >= 0.6 is 11.3 Å². The van der Waals surface area contributed by atoms with Crippen LogP contribution in [-0.2, 0) is 11.2 Å². The molecule has 90 valence electrons. The van der Waals surface area contributed by atoms with Gasteiger partial charge in [0.15, 0.2) is 0 Å². The van der Waals surface area contributed by atoms with Gasteiger partial charge in [0.2, 0.25) is 0 Å². The average molecular weight is 239 g/mol. The van der Waals surface area contributed by atoms with Gasteiger partial charge >= 0.3 is 0 Å². The Hall–Kier alpha value is -0.380. The molecule has 0 aromatic carbocycles. The molecule has 2 atom stereocenters. The van der Waals surface area contributed by atoms with Gasteiger partial charge in [-0.2, -0.15) is 0 Å². The molecule has 1 aliphatic rings. The number of rotatable bonds is 5. The van der Waals surface area contributed by atoms with Crippen LogP contribution in [0.15, 0.2) is 11.4 Å². The normalized spacial score (nSPS) is 21.8. The summed E-state index contributed by atoms with van der Waals surface area (Å²) in [6.07, 6.45) is 4.16. The molecule has 1 heterocycles. The lowest BCUT2D eigenvalue weighted by atomic mass is 9.94. The van der Waals surface area contributed by atoms with Crippen LogP contribution in [0.1, 0.15) is 43.2 Å². The van der Waals surface area contributed by atoms with Crippen molar-refractivity contribution in [2.75, 3.05) is 13.2 Å². The van der Waals surface area contributed by atoms with Gasteiger partial charge in [-0.05, 0) is 50.1 Å². The van der Waals surface area contributed by atoms with Crippen molar-refractivity contribution in [2.45, 2.75) is 45.3 Å². The largest absolute Gasteiger partial charge is 0.377 e. The van der Waals surface area contributed by atoms with E-state index in [-0.39, 0.29) is 0 Å². The average Bonchev–Trinajstić information content (AvgIpc) is 2.75. The highest BCUT2D eigenvalue weighted by molar-refractivity contribution is 7.10. The van der Waals surface area contributed by atoms with Crippen LogP contribution in [0.4, 0.5) is 0 Å². The zero-order chi connectivity index (χ0) is 11.4. The second-order valence-corrected chi connectivity index (χ2v) is 5.42. The molecule has 2 unspecified atom stereocenters. The van der Waals surface area contributed by atoms with Crippen LogP contribution in [0.2, 0.25) is 0 Å². The predicted molar refractivity (Wildman–Crippen MR) is 69.1 cm³/mol. The van der Waals surface area contributed by atoms with Crippen molar-refractivity contribution >= 4 is 11.3 Å². The Balaban J connectivity index is 1.88. The summed E-state index contributed by atoms with van der Waals surface area (Å²) in [5, 5.41) is 5.85. The topological polar surface area (TPSA) is 21.3 Å².